The summed E-state index contributed by atoms with van der Waals surface area (Å²) in [6.07, 6.45) is 3.74. The molecule has 6 nitrogen and oxygen atoms in total. The Balaban J connectivity index is 0. The average Bonchev–Trinajstić information content (AvgIpc) is 2.16. The molecule has 0 fully saturated rings. The second-order valence-corrected chi connectivity index (χ2v) is 10.4. The fourth-order valence-electron chi connectivity index (χ4n) is 0.691. The molecule has 5 N–H and O–H groups in total. The molecule has 0 heterocycles. The molecule has 0 aromatic heterocycles. The standard InChI is InChI=1S/C4H13O3PS.C4H11O3PS/c1-2-3-4-9-8(5,6)7;1-2-3-4-7-8(5,6)9/h5-7,9H,2-4H2,1H3;2-4H2,1H3,(H2,5,6,9). The van der Waals surface area contributed by atoms with Crippen molar-refractivity contribution in [3.63, 3.8) is 0 Å². The van der Waals surface area contributed by atoms with E-state index in [-0.39, 0.29) is 0 Å². The van der Waals surface area contributed by atoms with Crippen molar-refractivity contribution in [1.82, 2.24) is 0 Å². The van der Waals surface area contributed by atoms with Crippen LogP contribution < -0.4 is 0 Å². The Hall–Kier alpha value is 1.19. The van der Waals surface area contributed by atoms with Crippen LogP contribution in [0.2, 0.25) is 0 Å². The maximum Gasteiger partial charge on any atom is 0.321 e. The normalized spacial score (nSPS) is 11.9. The molecule has 0 aliphatic heterocycles. The maximum atomic E-state index is 8.50. The van der Waals surface area contributed by atoms with E-state index in [1.54, 1.807) is 0 Å². The molecular formula is C8H24O6P2S2. The lowest BCUT2D eigenvalue weighted by Gasteiger charge is -2.05. The van der Waals surface area contributed by atoms with Crippen molar-refractivity contribution in [2.45, 2.75) is 39.5 Å². The van der Waals surface area contributed by atoms with Crippen molar-refractivity contribution in [2.24, 2.45) is 0 Å². The minimum absolute atomic E-state index is 0.348. The second kappa shape index (κ2) is 12.0. The molecule has 0 aromatic carbocycles. The van der Waals surface area contributed by atoms with Crippen molar-refractivity contribution in [2.75, 3.05) is 12.4 Å². The molecule has 0 saturated heterocycles. The summed E-state index contributed by atoms with van der Waals surface area (Å²) in [5, 5.41) is 0. The largest absolute Gasteiger partial charge is 0.329 e. The molecule has 0 aliphatic carbocycles. The quantitative estimate of drug-likeness (QED) is 0.235. The molecule has 0 bridgehead atoms. The Morgan fingerprint density at radius 3 is 1.83 bits per heavy atom. The van der Waals surface area contributed by atoms with Gasteiger partial charge in [-0.05, 0) is 30.4 Å². The van der Waals surface area contributed by atoms with Gasteiger partial charge >= 0.3 is 6.72 Å². The van der Waals surface area contributed by atoms with Crippen LogP contribution in [0.1, 0.15) is 39.5 Å². The minimum atomic E-state index is -3.47. The zero-order valence-corrected chi connectivity index (χ0v) is 14.1. The van der Waals surface area contributed by atoms with Gasteiger partial charge in [0.2, 0.25) is 0 Å². The van der Waals surface area contributed by atoms with Gasteiger partial charge in [0.1, 0.15) is 0 Å². The van der Waals surface area contributed by atoms with Crippen molar-refractivity contribution < 1.29 is 29.0 Å². The lowest BCUT2D eigenvalue weighted by atomic mass is 10.4. The Labute approximate surface area is 117 Å². The van der Waals surface area contributed by atoms with Crippen LogP contribution >= 0.6 is 13.4 Å². The van der Waals surface area contributed by atoms with E-state index in [1.165, 1.54) is 0 Å². The van der Waals surface area contributed by atoms with E-state index < -0.39 is 13.4 Å². The van der Waals surface area contributed by atoms with E-state index >= 15 is 0 Å². The molecule has 0 radical (unpaired) electrons. The first-order chi connectivity index (χ1) is 8.12. The van der Waals surface area contributed by atoms with Crippen LogP contribution in [0.4, 0.5) is 0 Å². The highest BCUT2D eigenvalue weighted by molar-refractivity contribution is 8.16. The lowest BCUT2D eigenvalue weighted by molar-refractivity contribution is 0.247. The highest BCUT2D eigenvalue weighted by atomic mass is 32.5. The van der Waals surface area contributed by atoms with Crippen LogP contribution in [-0.4, -0.2) is 36.8 Å². The van der Waals surface area contributed by atoms with Crippen LogP contribution in [0.15, 0.2) is 0 Å². The summed E-state index contributed by atoms with van der Waals surface area (Å²) in [5.41, 5.74) is 0. The van der Waals surface area contributed by atoms with Crippen LogP contribution in [0.25, 0.3) is 0 Å². The third kappa shape index (κ3) is 25.9. The third-order valence-corrected chi connectivity index (χ3v) is 5.03. The van der Waals surface area contributed by atoms with Gasteiger partial charge in [-0.1, -0.05) is 26.7 Å². The van der Waals surface area contributed by atoms with Crippen LogP contribution in [0.3, 0.4) is 0 Å². The first-order valence-corrected chi connectivity index (χ1v) is 11.6. The molecule has 0 unspecified atom stereocenters. The molecule has 0 saturated carbocycles. The van der Waals surface area contributed by atoms with Gasteiger partial charge in [0.15, 0.2) is 0 Å². The molecule has 10 heteroatoms. The van der Waals surface area contributed by atoms with E-state index in [9.17, 15) is 0 Å². The Bertz CT molecular complexity index is 279. The van der Waals surface area contributed by atoms with Crippen LogP contribution in [0.5, 0.6) is 0 Å². The average molecular weight is 342 g/mol. The summed E-state index contributed by atoms with van der Waals surface area (Å²) >= 11 is 4.20. The maximum absolute atomic E-state index is 8.50. The van der Waals surface area contributed by atoms with Crippen LogP contribution in [-0.2, 0) is 27.3 Å². The van der Waals surface area contributed by atoms with E-state index in [0.717, 1.165) is 25.7 Å². The van der Waals surface area contributed by atoms with Gasteiger partial charge in [-0.3, -0.25) is 0 Å². The Kier molecular flexibility index (Phi) is 14.3. The predicted molar refractivity (Wildman–Crippen MR) is 81.7 cm³/mol. The highest BCUT2D eigenvalue weighted by Crippen LogP contribution is 2.36. The molecule has 0 rings (SSSR count). The molecular weight excluding hydrogens is 318 g/mol. The SMILES string of the molecule is CCCCOP(O)(O)=S.CCCC[SH]=P(O)(O)O. The minimum Gasteiger partial charge on any atom is -0.329 e. The molecule has 0 aromatic rings. The Morgan fingerprint density at radius 1 is 1.00 bits per heavy atom. The zero-order chi connectivity index (χ0) is 14.7. The number of unbranched alkanes of at least 4 members (excludes halogenated alkanes) is 2. The van der Waals surface area contributed by atoms with Gasteiger partial charge in [0.05, 0.1) is 6.61 Å². The molecule has 18 heavy (non-hydrogen) atoms. The first kappa shape index (κ1) is 21.5. The Morgan fingerprint density at radius 2 is 1.50 bits per heavy atom. The molecule has 0 amide bonds. The summed E-state index contributed by atoms with van der Waals surface area (Å²) in [7, 11) is 0.381. The first-order valence-electron chi connectivity index (χ1n) is 5.58. The van der Waals surface area contributed by atoms with E-state index in [1.807, 2.05) is 13.8 Å². The highest BCUT2D eigenvalue weighted by Gasteiger charge is 2.05. The van der Waals surface area contributed by atoms with E-state index in [2.05, 4.69) is 16.3 Å². The number of rotatable bonds is 7. The molecule has 0 atom stereocenters. The van der Waals surface area contributed by atoms with E-state index in [4.69, 9.17) is 24.5 Å². The molecule has 114 valence electrons. The number of hydrogen-bond acceptors (Lipinski definition) is 2. The second-order valence-electron chi connectivity index (χ2n) is 3.43. The monoisotopic (exact) mass is 342 g/mol. The molecule has 0 aliphatic rings. The summed E-state index contributed by atoms with van der Waals surface area (Å²) in [6, 6.07) is 0. The smallest absolute Gasteiger partial charge is 0.321 e. The summed E-state index contributed by atoms with van der Waals surface area (Å²) in [6.45, 7) is -2.48. The number of thiol groups is 1. The third-order valence-electron chi connectivity index (χ3n) is 1.56. The van der Waals surface area contributed by atoms with Gasteiger partial charge in [-0.25, -0.2) is 0 Å². The van der Waals surface area contributed by atoms with Gasteiger partial charge in [0, 0.05) is 0 Å². The fraction of sp³-hybridized carbons (Fsp3) is 1.00. The fourth-order valence-corrected chi connectivity index (χ4v) is 3.24. The summed E-state index contributed by atoms with van der Waals surface area (Å²) in [5.74, 6) is 0.674. The van der Waals surface area contributed by atoms with Crippen molar-refractivity contribution in [1.29, 1.82) is 0 Å². The summed E-state index contributed by atoms with van der Waals surface area (Å²) in [4.78, 5) is 42.4. The van der Waals surface area contributed by atoms with Gasteiger partial charge < -0.3 is 29.0 Å². The van der Waals surface area contributed by atoms with E-state index in [0.29, 0.717) is 23.3 Å². The van der Waals surface area contributed by atoms with Crippen molar-refractivity contribution in [3.05, 3.63) is 0 Å². The van der Waals surface area contributed by atoms with Crippen molar-refractivity contribution in [3.8, 4) is 0 Å². The molecule has 0 spiro atoms. The van der Waals surface area contributed by atoms with Gasteiger partial charge in [0.25, 0.3) is 6.72 Å². The lowest BCUT2D eigenvalue weighted by Crippen LogP contribution is -1.89. The zero-order valence-electron chi connectivity index (χ0n) is 10.6. The summed E-state index contributed by atoms with van der Waals surface area (Å²) < 4.78 is 4.51. The van der Waals surface area contributed by atoms with Crippen LogP contribution in [0, 0.1) is 0 Å². The van der Waals surface area contributed by atoms with Gasteiger partial charge in [-0.2, -0.15) is 0 Å². The predicted octanol–water partition coefficient (Wildman–Crippen LogP) is 1.27. The van der Waals surface area contributed by atoms with Crippen molar-refractivity contribution >= 4 is 36.2 Å². The number of hydrogen-bond donors (Lipinski definition) is 6. The van der Waals surface area contributed by atoms with Gasteiger partial charge in [-0.15, -0.1) is 10.9 Å². The topological polar surface area (TPSA) is 110 Å².